The number of carbonyl (C=O) groups excluding carboxylic acids is 2. The van der Waals surface area contributed by atoms with Crippen LogP contribution in [0.1, 0.15) is 26.8 Å². The topological polar surface area (TPSA) is 118 Å². The van der Waals surface area contributed by atoms with Gasteiger partial charge in [0.1, 0.15) is 5.76 Å². The van der Waals surface area contributed by atoms with Crippen molar-refractivity contribution in [2.75, 3.05) is 36.4 Å². The quantitative estimate of drug-likeness (QED) is 0.723. The molecule has 1 N–H and O–H groups in total. The van der Waals surface area contributed by atoms with E-state index in [-0.39, 0.29) is 11.6 Å². The Hall–Kier alpha value is -3.69. The highest BCUT2D eigenvalue weighted by molar-refractivity contribution is 6.02. The largest absolute Gasteiger partial charge is 0.459 e. The van der Waals surface area contributed by atoms with Crippen molar-refractivity contribution in [1.29, 1.82) is 0 Å². The molecule has 10 nitrogen and oxygen atoms in total. The van der Waals surface area contributed by atoms with E-state index in [9.17, 15) is 9.59 Å². The van der Waals surface area contributed by atoms with Crippen LogP contribution in [0.4, 0.5) is 11.6 Å². The summed E-state index contributed by atoms with van der Waals surface area (Å²) in [5.41, 5.74) is 0.177. The van der Waals surface area contributed by atoms with Crippen LogP contribution in [0.5, 0.6) is 0 Å². The molecule has 1 saturated heterocycles. The number of aryl methyl sites for hydroxylation is 1. The molecule has 28 heavy (non-hydrogen) atoms. The highest BCUT2D eigenvalue weighted by Crippen LogP contribution is 2.15. The van der Waals surface area contributed by atoms with E-state index >= 15 is 0 Å². The lowest BCUT2D eigenvalue weighted by Crippen LogP contribution is -2.49. The Morgan fingerprint density at radius 3 is 2.54 bits per heavy atom. The molecular weight excluding hydrogens is 364 g/mol. The third-order valence-electron chi connectivity index (χ3n) is 4.38. The minimum absolute atomic E-state index is 0.120. The minimum Gasteiger partial charge on any atom is -0.459 e. The van der Waals surface area contributed by atoms with Crippen molar-refractivity contribution in [2.24, 2.45) is 0 Å². The standard InChI is InChI=1S/C18H18N6O4/c1-12-11-15(22-28-12)19-17(25)13-4-5-16(21-20-13)23-6-8-24(9-7-23)18(26)14-3-2-10-27-14/h2-5,10-11H,6-9H2,1H3,(H,19,22,25). The van der Waals surface area contributed by atoms with E-state index in [0.29, 0.717) is 49.3 Å². The fourth-order valence-corrected chi connectivity index (χ4v) is 2.92. The Labute approximate surface area is 160 Å². The first-order chi connectivity index (χ1) is 13.6. The molecule has 1 aliphatic heterocycles. The highest BCUT2D eigenvalue weighted by Gasteiger charge is 2.24. The molecule has 1 aliphatic rings. The number of furan rings is 1. The fraction of sp³-hybridized carbons (Fsp3) is 0.278. The van der Waals surface area contributed by atoms with E-state index in [2.05, 4.69) is 20.7 Å². The lowest BCUT2D eigenvalue weighted by Gasteiger charge is -2.34. The van der Waals surface area contributed by atoms with Crippen molar-refractivity contribution in [3.8, 4) is 0 Å². The highest BCUT2D eigenvalue weighted by atomic mass is 16.5. The number of hydrogen-bond donors (Lipinski definition) is 1. The van der Waals surface area contributed by atoms with E-state index in [1.165, 1.54) is 6.26 Å². The lowest BCUT2D eigenvalue weighted by molar-refractivity contribution is 0.0714. The first-order valence-electron chi connectivity index (χ1n) is 8.76. The fourth-order valence-electron chi connectivity index (χ4n) is 2.92. The van der Waals surface area contributed by atoms with E-state index in [4.69, 9.17) is 8.94 Å². The normalized spacial score (nSPS) is 14.2. The number of hydrogen-bond acceptors (Lipinski definition) is 8. The average molecular weight is 382 g/mol. The molecule has 3 aromatic rings. The maximum atomic E-state index is 12.3. The molecule has 4 rings (SSSR count). The van der Waals surface area contributed by atoms with Gasteiger partial charge in [0.15, 0.2) is 23.1 Å². The van der Waals surface area contributed by atoms with Gasteiger partial charge >= 0.3 is 0 Å². The molecule has 0 unspecified atom stereocenters. The van der Waals surface area contributed by atoms with Gasteiger partial charge in [0.2, 0.25) is 0 Å². The second-order valence-electron chi connectivity index (χ2n) is 6.31. The van der Waals surface area contributed by atoms with Crippen LogP contribution in [-0.4, -0.2) is 58.2 Å². The third-order valence-corrected chi connectivity index (χ3v) is 4.38. The van der Waals surface area contributed by atoms with Gasteiger partial charge in [-0.1, -0.05) is 5.16 Å². The molecule has 0 spiro atoms. The van der Waals surface area contributed by atoms with Gasteiger partial charge in [0.25, 0.3) is 11.8 Å². The number of nitrogens with zero attached hydrogens (tertiary/aromatic N) is 5. The van der Waals surface area contributed by atoms with Crippen molar-refractivity contribution in [3.05, 3.63) is 53.8 Å². The van der Waals surface area contributed by atoms with Crippen LogP contribution < -0.4 is 10.2 Å². The van der Waals surface area contributed by atoms with Gasteiger partial charge in [-0.15, -0.1) is 10.2 Å². The Morgan fingerprint density at radius 2 is 1.93 bits per heavy atom. The number of amides is 2. The number of aromatic nitrogens is 3. The molecule has 2 amide bonds. The van der Waals surface area contributed by atoms with Gasteiger partial charge in [0, 0.05) is 32.2 Å². The summed E-state index contributed by atoms with van der Waals surface area (Å²) in [7, 11) is 0. The monoisotopic (exact) mass is 382 g/mol. The van der Waals surface area contributed by atoms with Crippen molar-refractivity contribution >= 4 is 23.5 Å². The molecule has 0 radical (unpaired) electrons. The SMILES string of the molecule is Cc1cc(NC(=O)c2ccc(N3CCN(C(=O)c4ccco4)CC3)nn2)no1. The van der Waals surface area contributed by atoms with Gasteiger partial charge in [-0.3, -0.25) is 9.59 Å². The van der Waals surface area contributed by atoms with E-state index in [1.54, 1.807) is 42.2 Å². The Balaban J connectivity index is 1.34. The van der Waals surface area contributed by atoms with Gasteiger partial charge in [-0.25, -0.2) is 0 Å². The number of carbonyl (C=O) groups is 2. The number of piperazine rings is 1. The van der Waals surface area contributed by atoms with Crippen LogP contribution in [0.25, 0.3) is 0 Å². The zero-order chi connectivity index (χ0) is 19.5. The zero-order valence-corrected chi connectivity index (χ0v) is 15.2. The summed E-state index contributed by atoms with van der Waals surface area (Å²) < 4.78 is 10.1. The van der Waals surface area contributed by atoms with Crippen LogP contribution in [0.15, 0.2) is 45.5 Å². The zero-order valence-electron chi connectivity index (χ0n) is 15.2. The number of nitrogens with one attached hydrogen (secondary N) is 1. The molecule has 144 valence electrons. The predicted octanol–water partition coefficient (Wildman–Crippen LogP) is 1.58. The Morgan fingerprint density at radius 1 is 1.11 bits per heavy atom. The van der Waals surface area contributed by atoms with Crippen molar-refractivity contribution in [2.45, 2.75) is 6.92 Å². The van der Waals surface area contributed by atoms with Gasteiger partial charge < -0.3 is 24.1 Å². The van der Waals surface area contributed by atoms with Crippen LogP contribution in [0.2, 0.25) is 0 Å². The van der Waals surface area contributed by atoms with Gasteiger partial charge in [-0.05, 0) is 31.2 Å². The van der Waals surface area contributed by atoms with Gasteiger partial charge in [-0.2, -0.15) is 0 Å². The molecule has 0 aliphatic carbocycles. The second kappa shape index (κ2) is 7.51. The predicted molar refractivity (Wildman–Crippen MR) is 98.0 cm³/mol. The van der Waals surface area contributed by atoms with E-state index in [1.807, 2.05) is 4.90 Å². The van der Waals surface area contributed by atoms with Crippen molar-refractivity contribution in [1.82, 2.24) is 20.3 Å². The summed E-state index contributed by atoms with van der Waals surface area (Å²) in [6, 6.07) is 8.30. The summed E-state index contributed by atoms with van der Waals surface area (Å²) in [6.07, 6.45) is 1.49. The van der Waals surface area contributed by atoms with Crippen molar-refractivity contribution in [3.63, 3.8) is 0 Å². The second-order valence-corrected chi connectivity index (χ2v) is 6.31. The lowest BCUT2D eigenvalue weighted by atomic mass is 10.2. The average Bonchev–Trinajstić information content (AvgIpc) is 3.40. The maximum absolute atomic E-state index is 12.3. The first kappa shape index (κ1) is 17.7. The van der Waals surface area contributed by atoms with E-state index < -0.39 is 5.91 Å². The molecule has 0 aromatic carbocycles. The Kier molecular flexibility index (Phi) is 4.75. The molecule has 3 aromatic heterocycles. The smallest absolute Gasteiger partial charge is 0.289 e. The first-order valence-corrected chi connectivity index (χ1v) is 8.76. The summed E-state index contributed by atoms with van der Waals surface area (Å²) >= 11 is 0. The van der Waals surface area contributed by atoms with E-state index in [0.717, 1.165) is 0 Å². The summed E-state index contributed by atoms with van der Waals surface area (Å²) in [5, 5.41) is 14.4. The summed E-state index contributed by atoms with van der Waals surface area (Å²) in [6.45, 7) is 4.07. The van der Waals surface area contributed by atoms with Crippen LogP contribution in [0.3, 0.4) is 0 Å². The summed E-state index contributed by atoms with van der Waals surface area (Å²) in [5.74, 6) is 1.38. The maximum Gasteiger partial charge on any atom is 0.289 e. The molecule has 0 bridgehead atoms. The third kappa shape index (κ3) is 3.70. The van der Waals surface area contributed by atoms with Crippen LogP contribution in [0, 0.1) is 6.92 Å². The van der Waals surface area contributed by atoms with Crippen LogP contribution >= 0.6 is 0 Å². The molecular formula is C18H18N6O4. The number of rotatable bonds is 4. The summed E-state index contributed by atoms with van der Waals surface area (Å²) in [4.78, 5) is 28.2. The molecule has 0 saturated carbocycles. The number of anilines is 2. The molecule has 1 fully saturated rings. The van der Waals surface area contributed by atoms with Gasteiger partial charge in [0.05, 0.1) is 6.26 Å². The molecule has 10 heteroatoms. The minimum atomic E-state index is -0.416. The molecule has 0 atom stereocenters. The Bertz CT molecular complexity index is 958. The molecule has 4 heterocycles. The van der Waals surface area contributed by atoms with Crippen LogP contribution in [-0.2, 0) is 0 Å². The van der Waals surface area contributed by atoms with Crippen molar-refractivity contribution < 1.29 is 18.5 Å².